The summed E-state index contributed by atoms with van der Waals surface area (Å²) in [5.74, 6) is 0. The van der Waals surface area contributed by atoms with E-state index in [4.69, 9.17) is 11.5 Å². The second kappa shape index (κ2) is 2.70. The molecule has 0 heterocycles. The van der Waals surface area contributed by atoms with Crippen LogP contribution < -0.4 is 11.5 Å². The highest BCUT2D eigenvalue weighted by molar-refractivity contribution is 5.66. The standard InChI is InChI=1S/C10H14N2/c11-9-5-7-3-1-2-4-8(7)6-10(9)12/h5-6H,1-4,11-12H2. The smallest absolute Gasteiger partial charge is 0.0550 e. The van der Waals surface area contributed by atoms with Crippen LogP contribution in [0.3, 0.4) is 0 Å². The molecule has 0 aromatic heterocycles. The molecule has 0 radical (unpaired) electrons. The second-order valence-electron chi connectivity index (χ2n) is 3.46. The summed E-state index contributed by atoms with van der Waals surface area (Å²) < 4.78 is 0. The summed E-state index contributed by atoms with van der Waals surface area (Å²) in [6.45, 7) is 0. The number of anilines is 2. The van der Waals surface area contributed by atoms with Crippen molar-refractivity contribution in [1.29, 1.82) is 0 Å². The molecule has 64 valence electrons. The zero-order valence-corrected chi connectivity index (χ0v) is 7.14. The quantitative estimate of drug-likeness (QED) is 0.571. The fraction of sp³-hybridized carbons (Fsp3) is 0.400. The normalized spacial score (nSPS) is 15.7. The van der Waals surface area contributed by atoms with E-state index in [1.807, 2.05) is 12.1 Å². The van der Waals surface area contributed by atoms with Crippen molar-refractivity contribution in [3.05, 3.63) is 23.3 Å². The first-order valence-electron chi connectivity index (χ1n) is 4.44. The number of aryl methyl sites for hydroxylation is 2. The van der Waals surface area contributed by atoms with Crippen LogP contribution in [0, 0.1) is 0 Å². The van der Waals surface area contributed by atoms with Crippen LogP contribution in [0.1, 0.15) is 24.0 Å². The van der Waals surface area contributed by atoms with Gasteiger partial charge in [0, 0.05) is 0 Å². The average Bonchev–Trinajstić information content (AvgIpc) is 2.07. The zero-order valence-electron chi connectivity index (χ0n) is 7.14. The SMILES string of the molecule is Nc1cc2c(cc1N)CCCC2. The number of fused-ring (bicyclic) bond motifs is 1. The third-order valence-electron chi connectivity index (χ3n) is 2.55. The van der Waals surface area contributed by atoms with Crippen LogP contribution in [0.5, 0.6) is 0 Å². The first kappa shape index (κ1) is 7.47. The van der Waals surface area contributed by atoms with Crippen LogP contribution >= 0.6 is 0 Å². The van der Waals surface area contributed by atoms with Crippen LogP contribution in [0.25, 0.3) is 0 Å². The molecule has 0 spiro atoms. The van der Waals surface area contributed by atoms with Gasteiger partial charge in [-0.2, -0.15) is 0 Å². The molecule has 0 fully saturated rings. The number of nitrogen functional groups attached to an aromatic ring is 2. The topological polar surface area (TPSA) is 52.0 Å². The van der Waals surface area contributed by atoms with E-state index in [9.17, 15) is 0 Å². The highest BCUT2D eigenvalue weighted by Crippen LogP contribution is 2.27. The van der Waals surface area contributed by atoms with Crippen LogP contribution in [-0.2, 0) is 12.8 Å². The zero-order chi connectivity index (χ0) is 8.55. The van der Waals surface area contributed by atoms with Crippen molar-refractivity contribution in [1.82, 2.24) is 0 Å². The predicted molar refractivity (Wildman–Crippen MR) is 51.9 cm³/mol. The molecule has 1 aromatic rings. The van der Waals surface area contributed by atoms with E-state index >= 15 is 0 Å². The Morgan fingerprint density at radius 2 is 1.25 bits per heavy atom. The lowest BCUT2D eigenvalue weighted by atomic mass is 9.91. The molecule has 0 saturated heterocycles. The molecular formula is C10H14N2. The highest BCUT2D eigenvalue weighted by Gasteiger charge is 2.10. The summed E-state index contributed by atoms with van der Waals surface area (Å²) in [4.78, 5) is 0. The van der Waals surface area contributed by atoms with Gasteiger partial charge >= 0.3 is 0 Å². The Hall–Kier alpha value is -1.18. The van der Waals surface area contributed by atoms with Crippen LogP contribution in [0.2, 0.25) is 0 Å². The molecule has 1 aliphatic rings. The monoisotopic (exact) mass is 162 g/mol. The summed E-state index contributed by atoms with van der Waals surface area (Å²) in [6.07, 6.45) is 4.91. The Balaban J connectivity index is 2.49. The van der Waals surface area contributed by atoms with Gasteiger partial charge in [-0.05, 0) is 48.9 Å². The molecule has 0 saturated carbocycles. The van der Waals surface area contributed by atoms with Crippen molar-refractivity contribution in [2.24, 2.45) is 0 Å². The molecule has 0 amide bonds. The molecule has 4 N–H and O–H groups in total. The summed E-state index contributed by atoms with van der Waals surface area (Å²) in [5.41, 5.74) is 15.7. The van der Waals surface area contributed by atoms with E-state index in [1.54, 1.807) is 0 Å². The Bertz CT molecular complexity index is 274. The number of hydrogen-bond acceptors (Lipinski definition) is 2. The highest BCUT2D eigenvalue weighted by atomic mass is 14.7. The van der Waals surface area contributed by atoms with Crippen molar-refractivity contribution < 1.29 is 0 Å². The van der Waals surface area contributed by atoms with Crippen molar-refractivity contribution in [2.75, 3.05) is 11.5 Å². The van der Waals surface area contributed by atoms with E-state index in [1.165, 1.54) is 36.8 Å². The minimum absolute atomic E-state index is 0.732. The largest absolute Gasteiger partial charge is 0.397 e. The van der Waals surface area contributed by atoms with Crippen molar-refractivity contribution in [2.45, 2.75) is 25.7 Å². The van der Waals surface area contributed by atoms with Gasteiger partial charge in [0.25, 0.3) is 0 Å². The lowest BCUT2D eigenvalue weighted by molar-refractivity contribution is 0.686. The second-order valence-corrected chi connectivity index (χ2v) is 3.46. The summed E-state index contributed by atoms with van der Waals surface area (Å²) in [5, 5.41) is 0. The van der Waals surface area contributed by atoms with Crippen LogP contribution in [-0.4, -0.2) is 0 Å². The van der Waals surface area contributed by atoms with E-state index in [0.717, 1.165) is 11.4 Å². The third kappa shape index (κ3) is 1.13. The fourth-order valence-electron chi connectivity index (χ4n) is 1.82. The maximum Gasteiger partial charge on any atom is 0.0550 e. The first-order valence-corrected chi connectivity index (χ1v) is 4.44. The molecule has 0 atom stereocenters. The predicted octanol–water partition coefficient (Wildman–Crippen LogP) is 1.73. The first-order chi connectivity index (χ1) is 5.77. The van der Waals surface area contributed by atoms with Crippen LogP contribution in [0.4, 0.5) is 11.4 Å². The molecule has 2 nitrogen and oxygen atoms in total. The Morgan fingerprint density at radius 1 is 0.833 bits per heavy atom. The molecule has 12 heavy (non-hydrogen) atoms. The summed E-state index contributed by atoms with van der Waals surface area (Å²) in [7, 11) is 0. The van der Waals surface area contributed by atoms with Gasteiger partial charge in [-0.3, -0.25) is 0 Å². The number of nitrogens with two attached hydrogens (primary N) is 2. The molecule has 1 aromatic carbocycles. The van der Waals surface area contributed by atoms with Crippen molar-refractivity contribution in [3.63, 3.8) is 0 Å². The lowest BCUT2D eigenvalue weighted by Gasteiger charge is -2.16. The number of rotatable bonds is 0. The average molecular weight is 162 g/mol. The minimum atomic E-state index is 0.732. The van der Waals surface area contributed by atoms with Crippen LogP contribution in [0.15, 0.2) is 12.1 Å². The van der Waals surface area contributed by atoms with Gasteiger partial charge in [-0.25, -0.2) is 0 Å². The van der Waals surface area contributed by atoms with Crippen molar-refractivity contribution >= 4 is 11.4 Å². The number of benzene rings is 1. The van der Waals surface area contributed by atoms with Gasteiger partial charge in [0.05, 0.1) is 11.4 Å². The summed E-state index contributed by atoms with van der Waals surface area (Å²) >= 11 is 0. The minimum Gasteiger partial charge on any atom is -0.397 e. The van der Waals surface area contributed by atoms with E-state index in [2.05, 4.69) is 0 Å². The maximum atomic E-state index is 5.72. The van der Waals surface area contributed by atoms with Gasteiger partial charge in [-0.1, -0.05) is 0 Å². The molecule has 2 heteroatoms. The summed E-state index contributed by atoms with van der Waals surface area (Å²) in [6, 6.07) is 4.06. The van der Waals surface area contributed by atoms with E-state index in [-0.39, 0.29) is 0 Å². The van der Waals surface area contributed by atoms with E-state index in [0.29, 0.717) is 0 Å². The maximum absolute atomic E-state index is 5.72. The fourth-order valence-corrected chi connectivity index (χ4v) is 1.82. The molecular weight excluding hydrogens is 148 g/mol. The number of hydrogen-bond donors (Lipinski definition) is 2. The molecule has 0 bridgehead atoms. The Morgan fingerprint density at radius 3 is 1.67 bits per heavy atom. The van der Waals surface area contributed by atoms with E-state index < -0.39 is 0 Å². The molecule has 0 aliphatic heterocycles. The third-order valence-corrected chi connectivity index (χ3v) is 2.55. The van der Waals surface area contributed by atoms with Gasteiger partial charge in [0.1, 0.15) is 0 Å². The van der Waals surface area contributed by atoms with Gasteiger partial charge in [0.2, 0.25) is 0 Å². The Kier molecular flexibility index (Phi) is 1.68. The van der Waals surface area contributed by atoms with Gasteiger partial charge in [-0.15, -0.1) is 0 Å². The van der Waals surface area contributed by atoms with Crippen molar-refractivity contribution in [3.8, 4) is 0 Å². The molecule has 1 aliphatic carbocycles. The lowest BCUT2D eigenvalue weighted by Crippen LogP contribution is -2.05. The Labute approximate surface area is 72.6 Å². The van der Waals surface area contributed by atoms with Gasteiger partial charge < -0.3 is 11.5 Å². The molecule has 2 rings (SSSR count). The molecule has 0 unspecified atom stereocenters. The van der Waals surface area contributed by atoms with Gasteiger partial charge in [0.15, 0.2) is 0 Å².